The second kappa shape index (κ2) is 8.42. The number of aliphatic hydroxyl groups excluding tert-OH is 1. The lowest BCUT2D eigenvalue weighted by atomic mass is 9.97. The second-order valence-corrected chi connectivity index (χ2v) is 6.93. The van der Waals surface area contributed by atoms with E-state index < -0.39 is 36.2 Å². The first-order valence-electron chi connectivity index (χ1n) is 9.06. The molecule has 0 aliphatic carbocycles. The molecule has 3 rings (SSSR count). The molecule has 1 amide bonds. The van der Waals surface area contributed by atoms with Crippen molar-refractivity contribution in [1.82, 2.24) is 9.97 Å². The third kappa shape index (κ3) is 4.96. The predicted octanol–water partition coefficient (Wildman–Crippen LogP) is 3.57. The molecule has 3 atom stereocenters. The van der Waals surface area contributed by atoms with Crippen LogP contribution < -0.4 is 9.64 Å². The topological polar surface area (TPSA) is 84.8 Å². The van der Waals surface area contributed by atoms with Gasteiger partial charge in [0.15, 0.2) is 11.6 Å². The molecule has 1 fully saturated rings. The summed E-state index contributed by atoms with van der Waals surface area (Å²) in [5.74, 6) is -1.80. The molecular weight excluding hydrogens is 410 g/mol. The smallest absolute Gasteiger partial charge is 0.447 e. The van der Waals surface area contributed by atoms with E-state index in [0.717, 1.165) is 12.1 Å². The van der Waals surface area contributed by atoms with Gasteiger partial charge in [-0.05, 0) is 36.6 Å². The van der Waals surface area contributed by atoms with Gasteiger partial charge in [-0.15, -0.1) is 13.2 Å². The third-order valence-electron chi connectivity index (χ3n) is 4.64. The predicted molar refractivity (Wildman–Crippen MR) is 96.5 cm³/mol. The van der Waals surface area contributed by atoms with Gasteiger partial charge in [-0.1, -0.05) is 13.0 Å². The molecule has 1 aliphatic rings. The average Bonchev–Trinajstić information content (AvgIpc) is 3.04. The molecule has 0 unspecified atom stereocenters. The Morgan fingerprint density at radius 1 is 1.33 bits per heavy atom. The Morgan fingerprint density at radius 3 is 2.70 bits per heavy atom. The van der Waals surface area contributed by atoms with Crippen molar-refractivity contribution in [3.8, 4) is 5.75 Å². The number of benzene rings is 1. The van der Waals surface area contributed by atoms with Crippen LogP contribution in [0.1, 0.15) is 31.2 Å². The molecule has 2 aromatic rings. The van der Waals surface area contributed by atoms with E-state index in [2.05, 4.69) is 14.7 Å². The summed E-state index contributed by atoms with van der Waals surface area (Å²) in [7, 11) is 0. The number of nitrogens with zero attached hydrogens (tertiary/aromatic N) is 3. The molecule has 162 valence electrons. The number of ether oxygens (including phenoxy) is 2. The molecule has 1 aromatic heterocycles. The number of halogens is 4. The SMILES string of the molecule is C[C@H](Cc1nccc(N2C(=O)OC[C@@H]2[C@@H](C)O)n1)c1ccc(OC(F)(F)F)c(F)c1. The van der Waals surface area contributed by atoms with Crippen molar-refractivity contribution in [1.29, 1.82) is 0 Å². The number of alkyl halides is 3. The highest BCUT2D eigenvalue weighted by molar-refractivity contribution is 5.89. The van der Waals surface area contributed by atoms with Crippen LogP contribution in [0.3, 0.4) is 0 Å². The molecule has 1 aromatic carbocycles. The fourth-order valence-corrected chi connectivity index (χ4v) is 3.10. The van der Waals surface area contributed by atoms with Crippen molar-refractivity contribution in [2.45, 2.75) is 44.7 Å². The van der Waals surface area contributed by atoms with Crippen molar-refractivity contribution in [2.75, 3.05) is 11.5 Å². The maximum Gasteiger partial charge on any atom is 0.573 e. The Bertz CT molecular complexity index is 923. The van der Waals surface area contributed by atoms with Gasteiger partial charge in [-0.25, -0.2) is 19.2 Å². The van der Waals surface area contributed by atoms with Crippen molar-refractivity contribution in [2.24, 2.45) is 0 Å². The van der Waals surface area contributed by atoms with Crippen LogP contribution in [0.25, 0.3) is 0 Å². The lowest BCUT2D eigenvalue weighted by Crippen LogP contribution is -2.41. The molecule has 7 nitrogen and oxygen atoms in total. The maximum absolute atomic E-state index is 14.0. The summed E-state index contributed by atoms with van der Waals surface area (Å²) in [5, 5.41) is 9.85. The number of carbonyl (C=O) groups is 1. The highest BCUT2D eigenvalue weighted by Gasteiger charge is 2.38. The van der Waals surface area contributed by atoms with E-state index in [1.54, 1.807) is 6.92 Å². The van der Waals surface area contributed by atoms with Crippen LogP contribution in [0.15, 0.2) is 30.5 Å². The Labute approximate surface area is 169 Å². The molecule has 0 radical (unpaired) electrons. The van der Waals surface area contributed by atoms with E-state index in [1.165, 1.54) is 30.2 Å². The summed E-state index contributed by atoms with van der Waals surface area (Å²) in [6.45, 7) is 3.29. The van der Waals surface area contributed by atoms with E-state index in [9.17, 15) is 27.5 Å². The molecule has 11 heteroatoms. The molecule has 1 N–H and O–H groups in total. The number of cyclic esters (lactones) is 1. The number of hydrogen-bond acceptors (Lipinski definition) is 6. The Kier molecular flexibility index (Phi) is 6.11. The monoisotopic (exact) mass is 429 g/mol. The fraction of sp³-hybridized carbons (Fsp3) is 0.421. The number of amides is 1. The largest absolute Gasteiger partial charge is 0.573 e. The number of anilines is 1. The summed E-state index contributed by atoms with van der Waals surface area (Å²) in [6.07, 6.45) is -4.79. The zero-order chi connectivity index (χ0) is 22.1. The zero-order valence-corrected chi connectivity index (χ0v) is 16.1. The van der Waals surface area contributed by atoms with Gasteiger partial charge >= 0.3 is 12.5 Å². The molecule has 1 aliphatic heterocycles. The van der Waals surface area contributed by atoms with Crippen molar-refractivity contribution < 1.29 is 36.9 Å². The maximum atomic E-state index is 14.0. The van der Waals surface area contributed by atoms with Gasteiger partial charge in [0.25, 0.3) is 0 Å². The Morgan fingerprint density at radius 2 is 2.07 bits per heavy atom. The minimum atomic E-state index is -4.98. The van der Waals surface area contributed by atoms with Gasteiger partial charge in [0.1, 0.15) is 24.3 Å². The van der Waals surface area contributed by atoms with Crippen LogP contribution in [0, 0.1) is 5.82 Å². The summed E-state index contributed by atoms with van der Waals surface area (Å²) in [4.78, 5) is 21.7. The lowest BCUT2D eigenvalue weighted by molar-refractivity contribution is -0.275. The second-order valence-electron chi connectivity index (χ2n) is 6.93. The quantitative estimate of drug-likeness (QED) is 0.707. The van der Waals surface area contributed by atoms with Gasteiger partial charge in [0, 0.05) is 12.6 Å². The Hall–Kier alpha value is -2.95. The average molecular weight is 429 g/mol. The number of aliphatic hydroxyl groups is 1. The summed E-state index contributed by atoms with van der Waals surface area (Å²) in [6, 6.07) is 4.13. The van der Waals surface area contributed by atoms with Crippen LogP contribution in [0.4, 0.5) is 28.2 Å². The third-order valence-corrected chi connectivity index (χ3v) is 4.64. The molecular formula is C19H19F4N3O4. The summed E-state index contributed by atoms with van der Waals surface area (Å²) in [5.41, 5.74) is 0.429. The van der Waals surface area contributed by atoms with Crippen molar-refractivity contribution in [3.63, 3.8) is 0 Å². The molecule has 2 heterocycles. The first-order valence-corrected chi connectivity index (χ1v) is 9.06. The van der Waals surface area contributed by atoms with E-state index >= 15 is 0 Å². The standard InChI is InChI=1S/C19H19F4N3O4/c1-10(12-3-4-15(13(20)8-12)30-19(21,22)23)7-16-24-6-5-17(25-16)26-14(11(2)27)9-29-18(26)28/h3-6,8,10-11,14,27H,7,9H2,1-2H3/t10-,11-,14-/m1/s1. The van der Waals surface area contributed by atoms with Crippen molar-refractivity contribution in [3.05, 3.63) is 47.7 Å². The highest BCUT2D eigenvalue weighted by Crippen LogP contribution is 2.29. The molecule has 30 heavy (non-hydrogen) atoms. The normalized spacial score (nSPS) is 18.8. The van der Waals surface area contributed by atoms with E-state index in [1.807, 2.05) is 0 Å². The van der Waals surface area contributed by atoms with Gasteiger partial charge in [0.05, 0.1) is 6.10 Å². The first-order chi connectivity index (χ1) is 14.0. The number of aromatic nitrogens is 2. The van der Waals surface area contributed by atoms with Gasteiger partial charge in [0.2, 0.25) is 0 Å². The molecule has 1 saturated heterocycles. The fourth-order valence-electron chi connectivity index (χ4n) is 3.10. The summed E-state index contributed by atoms with van der Waals surface area (Å²) < 4.78 is 59.4. The summed E-state index contributed by atoms with van der Waals surface area (Å²) >= 11 is 0. The number of hydrogen-bond donors (Lipinski definition) is 1. The van der Waals surface area contributed by atoms with Crippen LogP contribution in [0.2, 0.25) is 0 Å². The van der Waals surface area contributed by atoms with E-state index in [-0.39, 0.29) is 24.8 Å². The Balaban J connectivity index is 1.76. The molecule has 0 saturated carbocycles. The first kappa shape index (κ1) is 21.8. The highest BCUT2D eigenvalue weighted by atomic mass is 19.4. The van der Waals surface area contributed by atoms with Gasteiger partial charge < -0.3 is 14.6 Å². The van der Waals surface area contributed by atoms with E-state index in [4.69, 9.17) is 4.74 Å². The lowest BCUT2D eigenvalue weighted by Gasteiger charge is -2.22. The van der Waals surface area contributed by atoms with Crippen LogP contribution >= 0.6 is 0 Å². The van der Waals surface area contributed by atoms with Crippen molar-refractivity contribution >= 4 is 11.9 Å². The van der Waals surface area contributed by atoms with E-state index in [0.29, 0.717) is 11.4 Å². The van der Waals surface area contributed by atoms with Crippen LogP contribution in [-0.4, -0.2) is 46.3 Å². The molecule has 0 spiro atoms. The van der Waals surface area contributed by atoms with Crippen LogP contribution in [-0.2, 0) is 11.2 Å². The molecule has 0 bridgehead atoms. The van der Waals surface area contributed by atoms with Gasteiger partial charge in [-0.3, -0.25) is 4.90 Å². The van der Waals surface area contributed by atoms with Crippen LogP contribution in [0.5, 0.6) is 5.75 Å². The minimum Gasteiger partial charge on any atom is -0.447 e. The number of rotatable bonds is 6. The van der Waals surface area contributed by atoms with Gasteiger partial charge in [-0.2, -0.15) is 0 Å². The zero-order valence-electron chi connectivity index (χ0n) is 16.1. The number of carbonyl (C=O) groups excluding carboxylic acids is 1. The minimum absolute atomic E-state index is 0.0257.